The minimum Gasteiger partial charge on any atom is -0.393 e. The molecule has 1 unspecified atom stereocenters. The van der Waals surface area contributed by atoms with Gasteiger partial charge in [-0.05, 0) is 11.6 Å². The van der Waals surface area contributed by atoms with E-state index in [1.807, 2.05) is 19.2 Å². The van der Waals surface area contributed by atoms with Crippen molar-refractivity contribution in [2.45, 2.75) is 6.10 Å². The van der Waals surface area contributed by atoms with Gasteiger partial charge in [-0.2, -0.15) is 5.10 Å². The summed E-state index contributed by atoms with van der Waals surface area (Å²) in [6, 6.07) is 5.52. The van der Waals surface area contributed by atoms with Gasteiger partial charge < -0.3 is 10.2 Å². The van der Waals surface area contributed by atoms with E-state index in [1.54, 1.807) is 16.9 Å². The van der Waals surface area contributed by atoms with E-state index >= 15 is 0 Å². The lowest BCUT2D eigenvalue weighted by Crippen LogP contribution is -2.02. The number of aliphatic hydroxyl groups is 2. The third-order valence-electron chi connectivity index (χ3n) is 2.33. The van der Waals surface area contributed by atoms with Crippen LogP contribution < -0.4 is 0 Å². The first-order chi connectivity index (χ1) is 6.72. The number of aromatic nitrogens is 2. The molecule has 0 saturated heterocycles. The first kappa shape index (κ1) is 9.18. The number of hydrogen-bond donors (Lipinski definition) is 2. The molecule has 0 fully saturated rings. The average Bonchev–Trinajstić information content (AvgIpc) is 2.59. The van der Waals surface area contributed by atoms with Crippen LogP contribution in [0.5, 0.6) is 0 Å². The van der Waals surface area contributed by atoms with E-state index in [2.05, 4.69) is 5.10 Å². The van der Waals surface area contributed by atoms with E-state index in [0.29, 0.717) is 5.56 Å². The monoisotopic (exact) mass is 192 g/mol. The SMILES string of the molecule is Cn1ncc2ccc(C(O)CO)cc21. The van der Waals surface area contributed by atoms with Gasteiger partial charge in [0.1, 0.15) is 6.10 Å². The lowest BCUT2D eigenvalue weighted by molar-refractivity contribution is 0.0957. The van der Waals surface area contributed by atoms with Crippen molar-refractivity contribution >= 4 is 10.9 Å². The zero-order chi connectivity index (χ0) is 10.1. The highest BCUT2D eigenvalue weighted by Gasteiger charge is 2.07. The van der Waals surface area contributed by atoms with E-state index in [0.717, 1.165) is 10.9 Å². The summed E-state index contributed by atoms with van der Waals surface area (Å²) in [6.45, 7) is -0.261. The van der Waals surface area contributed by atoms with Crippen LogP contribution in [0.2, 0.25) is 0 Å². The van der Waals surface area contributed by atoms with Gasteiger partial charge in [0.05, 0.1) is 18.3 Å². The normalized spacial score (nSPS) is 13.4. The number of aliphatic hydroxyl groups excluding tert-OH is 2. The third kappa shape index (κ3) is 1.38. The number of fused-ring (bicyclic) bond motifs is 1. The second kappa shape index (κ2) is 3.40. The topological polar surface area (TPSA) is 58.3 Å². The van der Waals surface area contributed by atoms with Gasteiger partial charge in [-0.3, -0.25) is 4.68 Å². The van der Waals surface area contributed by atoms with Gasteiger partial charge in [0.15, 0.2) is 0 Å². The van der Waals surface area contributed by atoms with Crippen molar-refractivity contribution in [3.05, 3.63) is 30.0 Å². The van der Waals surface area contributed by atoms with Gasteiger partial charge in [0.2, 0.25) is 0 Å². The van der Waals surface area contributed by atoms with Gasteiger partial charge in [-0.15, -0.1) is 0 Å². The number of rotatable bonds is 2. The molecule has 4 heteroatoms. The fourth-order valence-electron chi connectivity index (χ4n) is 1.47. The fourth-order valence-corrected chi connectivity index (χ4v) is 1.47. The van der Waals surface area contributed by atoms with Crippen molar-refractivity contribution in [3.63, 3.8) is 0 Å². The Kier molecular flexibility index (Phi) is 2.23. The van der Waals surface area contributed by atoms with Crippen molar-refractivity contribution < 1.29 is 10.2 Å². The van der Waals surface area contributed by atoms with E-state index in [9.17, 15) is 5.11 Å². The lowest BCUT2D eigenvalue weighted by atomic mass is 10.1. The summed E-state index contributed by atoms with van der Waals surface area (Å²) in [5, 5.41) is 23.4. The number of hydrogen-bond acceptors (Lipinski definition) is 3. The summed E-state index contributed by atoms with van der Waals surface area (Å²) in [5.41, 5.74) is 1.67. The highest BCUT2D eigenvalue weighted by molar-refractivity contribution is 5.79. The van der Waals surface area contributed by atoms with Crippen LogP contribution in [0.25, 0.3) is 10.9 Å². The van der Waals surface area contributed by atoms with Crippen LogP contribution in [0, 0.1) is 0 Å². The van der Waals surface area contributed by atoms with Crippen LogP contribution in [-0.4, -0.2) is 26.6 Å². The maximum absolute atomic E-state index is 9.44. The molecule has 1 aromatic carbocycles. The molecule has 0 bridgehead atoms. The first-order valence-electron chi connectivity index (χ1n) is 4.43. The van der Waals surface area contributed by atoms with Crippen LogP contribution in [0.1, 0.15) is 11.7 Å². The summed E-state index contributed by atoms with van der Waals surface area (Å²) in [5.74, 6) is 0. The molecule has 0 saturated carbocycles. The predicted octanol–water partition coefficient (Wildman–Crippen LogP) is 0.599. The van der Waals surface area contributed by atoms with E-state index in [-0.39, 0.29) is 6.61 Å². The number of aryl methyl sites for hydroxylation is 1. The molecule has 2 N–H and O–H groups in total. The van der Waals surface area contributed by atoms with E-state index < -0.39 is 6.10 Å². The molecule has 0 radical (unpaired) electrons. The summed E-state index contributed by atoms with van der Waals surface area (Å²) >= 11 is 0. The molecule has 14 heavy (non-hydrogen) atoms. The quantitative estimate of drug-likeness (QED) is 0.732. The van der Waals surface area contributed by atoms with E-state index in [1.165, 1.54) is 0 Å². The molecule has 0 spiro atoms. The second-order valence-corrected chi connectivity index (χ2v) is 3.28. The Bertz CT molecular complexity index is 450. The molecule has 1 aromatic heterocycles. The van der Waals surface area contributed by atoms with Crippen molar-refractivity contribution in [2.75, 3.05) is 6.61 Å². The van der Waals surface area contributed by atoms with Crippen molar-refractivity contribution in [2.24, 2.45) is 7.05 Å². The molecule has 4 nitrogen and oxygen atoms in total. The molecule has 2 aromatic rings. The molecular weight excluding hydrogens is 180 g/mol. The summed E-state index contributed by atoms with van der Waals surface area (Å²) < 4.78 is 1.74. The molecule has 1 heterocycles. The smallest absolute Gasteiger partial charge is 0.102 e. The maximum Gasteiger partial charge on any atom is 0.102 e. The minimum absolute atomic E-state index is 0.261. The first-order valence-corrected chi connectivity index (χ1v) is 4.43. The summed E-state index contributed by atoms with van der Waals surface area (Å²) in [4.78, 5) is 0. The predicted molar refractivity (Wildman–Crippen MR) is 52.8 cm³/mol. The Morgan fingerprint density at radius 1 is 1.50 bits per heavy atom. The standard InChI is InChI=1S/C10H12N2O2/c1-12-9-4-7(10(14)6-13)2-3-8(9)5-11-12/h2-5,10,13-14H,6H2,1H3. The molecule has 74 valence electrons. The third-order valence-corrected chi connectivity index (χ3v) is 2.33. The average molecular weight is 192 g/mol. The van der Waals surface area contributed by atoms with Crippen LogP contribution in [-0.2, 0) is 7.05 Å². The Hall–Kier alpha value is -1.39. The Balaban J connectivity index is 2.54. The molecule has 0 aliphatic rings. The summed E-state index contributed by atoms with van der Waals surface area (Å²) in [7, 11) is 1.84. The van der Waals surface area contributed by atoms with Crippen LogP contribution in [0.3, 0.4) is 0 Å². The second-order valence-electron chi connectivity index (χ2n) is 3.28. The highest BCUT2D eigenvalue weighted by Crippen LogP contribution is 2.19. The zero-order valence-electron chi connectivity index (χ0n) is 7.88. The largest absolute Gasteiger partial charge is 0.393 e. The molecule has 0 aliphatic heterocycles. The fraction of sp³-hybridized carbons (Fsp3) is 0.300. The van der Waals surface area contributed by atoms with Gasteiger partial charge in [-0.25, -0.2) is 0 Å². The van der Waals surface area contributed by atoms with Gasteiger partial charge in [0.25, 0.3) is 0 Å². The Morgan fingerprint density at radius 2 is 2.29 bits per heavy atom. The van der Waals surface area contributed by atoms with E-state index in [4.69, 9.17) is 5.11 Å². The van der Waals surface area contributed by atoms with Crippen LogP contribution in [0.4, 0.5) is 0 Å². The zero-order valence-corrected chi connectivity index (χ0v) is 7.88. The molecule has 1 atom stereocenters. The maximum atomic E-state index is 9.44. The summed E-state index contributed by atoms with van der Waals surface area (Å²) in [6.07, 6.45) is 0.957. The van der Waals surface area contributed by atoms with Gasteiger partial charge in [-0.1, -0.05) is 12.1 Å². The Labute approximate surface area is 81.4 Å². The van der Waals surface area contributed by atoms with Gasteiger partial charge >= 0.3 is 0 Å². The lowest BCUT2D eigenvalue weighted by Gasteiger charge is -2.07. The van der Waals surface area contributed by atoms with Crippen LogP contribution >= 0.6 is 0 Å². The Morgan fingerprint density at radius 3 is 3.00 bits per heavy atom. The molecule has 0 aliphatic carbocycles. The molecule has 0 amide bonds. The number of benzene rings is 1. The van der Waals surface area contributed by atoms with Crippen LogP contribution in [0.15, 0.2) is 24.4 Å². The highest BCUT2D eigenvalue weighted by atomic mass is 16.3. The number of nitrogens with zero attached hydrogens (tertiary/aromatic N) is 2. The van der Waals surface area contributed by atoms with Crippen molar-refractivity contribution in [3.8, 4) is 0 Å². The molecule has 2 rings (SSSR count). The molecular formula is C10H12N2O2. The van der Waals surface area contributed by atoms with Crippen molar-refractivity contribution in [1.29, 1.82) is 0 Å². The van der Waals surface area contributed by atoms with Crippen molar-refractivity contribution in [1.82, 2.24) is 9.78 Å². The minimum atomic E-state index is -0.811. The van der Waals surface area contributed by atoms with Gasteiger partial charge in [0, 0.05) is 12.4 Å².